The maximum absolute atomic E-state index is 13.3. The molecule has 0 aliphatic carbocycles. The lowest BCUT2D eigenvalue weighted by Gasteiger charge is -2.32. The van der Waals surface area contributed by atoms with Crippen LogP contribution >= 0.6 is 11.3 Å². The Morgan fingerprint density at radius 1 is 1.09 bits per heavy atom. The van der Waals surface area contributed by atoms with Crippen LogP contribution < -0.4 is 4.90 Å². The predicted molar refractivity (Wildman–Crippen MR) is 139 cm³/mol. The van der Waals surface area contributed by atoms with Crippen LogP contribution in [0.5, 0.6) is 0 Å². The fraction of sp³-hybridized carbons (Fsp3) is 0.520. The van der Waals surface area contributed by atoms with E-state index < -0.39 is 11.0 Å². The Balaban J connectivity index is 1.16. The lowest BCUT2D eigenvalue weighted by atomic mass is 9.93. The maximum atomic E-state index is 13.3. The molecule has 0 spiro atoms. The number of benzene rings is 1. The van der Waals surface area contributed by atoms with Crippen molar-refractivity contribution in [3.8, 4) is 0 Å². The van der Waals surface area contributed by atoms with Crippen molar-refractivity contribution in [2.45, 2.75) is 36.4 Å². The number of anilines is 1. The quantitative estimate of drug-likeness (QED) is 0.478. The lowest BCUT2D eigenvalue weighted by molar-refractivity contribution is 0.279. The molecule has 10 heteroatoms. The van der Waals surface area contributed by atoms with E-state index in [1.165, 1.54) is 17.8 Å². The molecule has 0 bridgehead atoms. The van der Waals surface area contributed by atoms with E-state index in [4.69, 9.17) is 0 Å². The number of halogens is 1. The number of hydrogen-bond acceptors (Lipinski definition) is 6. The number of nitrogens with zero attached hydrogens (tertiary/aromatic N) is 6. The molecule has 1 aromatic carbocycles. The molecule has 5 rings (SSSR count). The minimum Gasteiger partial charge on any atom is -0.345 e. The van der Waals surface area contributed by atoms with Crippen molar-refractivity contribution in [2.24, 2.45) is 5.92 Å². The zero-order valence-electron chi connectivity index (χ0n) is 20.3. The molecule has 2 unspecified atom stereocenters. The van der Waals surface area contributed by atoms with E-state index in [-0.39, 0.29) is 11.9 Å². The van der Waals surface area contributed by atoms with E-state index in [1.807, 2.05) is 24.7 Å². The average molecular weight is 517 g/mol. The summed E-state index contributed by atoms with van der Waals surface area (Å²) in [6.45, 7) is 7.77. The van der Waals surface area contributed by atoms with Gasteiger partial charge in [-0.05, 0) is 56.8 Å². The van der Waals surface area contributed by atoms with Crippen molar-refractivity contribution in [3.63, 3.8) is 0 Å². The zero-order valence-corrected chi connectivity index (χ0v) is 22.0. The summed E-state index contributed by atoms with van der Waals surface area (Å²) in [5.41, 5.74) is 2.26. The molecule has 3 aromatic rings. The summed E-state index contributed by atoms with van der Waals surface area (Å²) in [7, 11) is 0.993. The van der Waals surface area contributed by atoms with Gasteiger partial charge in [-0.15, -0.1) is 0 Å². The van der Waals surface area contributed by atoms with Crippen LogP contribution in [0.2, 0.25) is 0 Å². The summed E-state index contributed by atoms with van der Waals surface area (Å²) in [6, 6.07) is 6.80. The summed E-state index contributed by atoms with van der Waals surface area (Å²) < 4.78 is 31.7. The molecule has 188 valence electrons. The van der Waals surface area contributed by atoms with Gasteiger partial charge in [0.25, 0.3) is 0 Å². The van der Waals surface area contributed by atoms with Crippen LogP contribution in [0, 0.1) is 11.7 Å². The fourth-order valence-electron chi connectivity index (χ4n) is 4.92. The van der Waals surface area contributed by atoms with Gasteiger partial charge in [0, 0.05) is 51.2 Å². The molecule has 2 saturated heterocycles. The lowest BCUT2D eigenvalue weighted by Crippen LogP contribution is -2.44. The van der Waals surface area contributed by atoms with Gasteiger partial charge in [-0.3, -0.25) is 0 Å². The van der Waals surface area contributed by atoms with Gasteiger partial charge in [0.2, 0.25) is 0 Å². The van der Waals surface area contributed by atoms with Gasteiger partial charge in [-0.1, -0.05) is 23.5 Å². The average Bonchev–Trinajstić information content (AvgIpc) is 3.55. The minimum absolute atomic E-state index is 0.0986. The summed E-state index contributed by atoms with van der Waals surface area (Å²) >= 11 is 1.57. The monoisotopic (exact) mass is 516 g/mol. The molecule has 2 aromatic heterocycles. The third-order valence-corrected chi connectivity index (χ3v) is 10.1. The normalized spacial score (nSPS) is 20.3. The van der Waals surface area contributed by atoms with Gasteiger partial charge < -0.3 is 14.4 Å². The van der Waals surface area contributed by atoms with Crippen molar-refractivity contribution >= 4 is 27.5 Å². The van der Waals surface area contributed by atoms with E-state index in [0.29, 0.717) is 5.92 Å². The highest BCUT2D eigenvalue weighted by Crippen LogP contribution is 2.30. The van der Waals surface area contributed by atoms with Gasteiger partial charge in [0.05, 0.1) is 18.6 Å². The summed E-state index contributed by atoms with van der Waals surface area (Å²) in [6.07, 6.45) is 8.57. The maximum Gasteiger partial charge on any atom is 0.186 e. The highest BCUT2D eigenvalue weighted by Gasteiger charge is 2.27. The van der Waals surface area contributed by atoms with Gasteiger partial charge in [-0.25, -0.2) is 22.9 Å². The summed E-state index contributed by atoms with van der Waals surface area (Å²) in [5, 5.41) is 0.986. The number of aromatic nitrogens is 3. The molecule has 35 heavy (non-hydrogen) atoms. The molecular weight excluding hydrogens is 483 g/mol. The Morgan fingerprint density at radius 2 is 1.80 bits per heavy atom. The van der Waals surface area contributed by atoms with Crippen LogP contribution in [-0.2, 0) is 17.4 Å². The molecule has 2 aliphatic rings. The van der Waals surface area contributed by atoms with Crippen LogP contribution in [0.1, 0.15) is 37.1 Å². The first-order valence-corrected chi connectivity index (χ1v) is 14.2. The summed E-state index contributed by atoms with van der Waals surface area (Å²) in [4.78, 5) is 13.6. The first-order valence-electron chi connectivity index (χ1n) is 12.3. The van der Waals surface area contributed by atoms with E-state index in [9.17, 15) is 8.60 Å². The second-order valence-electron chi connectivity index (χ2n) is 9.60. The standard InChI is InChI=1S/C25H33FN6OS2/c1-19(21-3-5-22(26)6-4-21)32-18-27-16-23(32)15-20-7-9-31(10-8-20)35(33)24-17-28-25(34-24)30-13-11-29(2)12-14-30/h3-6,16-20H,7-15H2,1-2H3. The highest BCUT2D eigenvalue weighted by molar-refractivity contribution is 7.85. The van der Waals surface area contributed by atoms with E-state index in [0.717, 1.165) is 73.4 Å². The molecule has 0 saturated carbocycles. The van der Waals surface area contributed by atoms with Crippen molar-refractivity contribution in [3.05, 3.63) is 60.1 Å². The van der Waals surface area contributed by atoms with Crippen LogP contribution in [0.4, 0.5) is 9.52 Å². The minimum atomic E-state index is -1.15. The third-order valence-electron chi connectivity index (χ3n) is 7.24. The van der Waals surface area contributed by atoms with Gasteiger partial charge in [0.15, 0.2) is 5.13 Å². The second-order valence-corrected chi connectivity index (χ2v) is 12.3. The van der Waals surface area contributed by atoms with Crippen molar-refractivity contribution in [1.82, 2.24) is 23.7 Å². The van der Waals surface area contributed by atoms with E-state index >= 15 is 0 Å². The molecule has 0 N–H and O–H groups in total. The first-order chi connectivity index (χ1) is 17.0. The highest BCUT2D eigenvalue weighted by atomic mass is 32.2. The number of thiazole rings is 1. The third kappa shape index (κ3) is 5.66. The number of imidazole rings is 1. The van der Waals surface area contributed by atoms with Crippen molar-refractivity contribution in [2.75, 3.05) is 51.2 Å². The predicted octanol–water partition coefficient (Wildman–Crippen LogP) is 3.82. The number of piperidine rings is 1. The summed E-state index contributed by atoms with van der Waals surface area (Å²) in [5.74, 6) is 0.311. The van der Waals surface area contributed by atoms with Gasteiger partial charge in [-0.2, -0.15) is 0 Å². The Kier molecular flexibility index (Phi) is 7.62. The van der Waals surface area contributed by atoms with Crippen LogP contribution in [-0.4, -0.2) is 74.3 Å². The zero-order chi connectivity index (χ0) is 24.4. The molecule has 2 atom stereocenters. The van der Waals surface area contributed by atoms with E-state index in [1.54, 1.807) is 17.5 Å². The molecule has 2 fully saturated rings. The molecule has 4 heterocycles. The topological polar surface area (TPSA) is 57.5 Å². The van der Waals surface area contributed by atoms with Crippen LogP contribution in [0.3, 0.4) is 0 Å². The molecular formula is C25H33FN6OS2. The number of hydrogen-bond donors (Lipinski definition) is 0. The van der Waals surface area contributed by atoms with Crippen LogP contribution in [0.25, 0.3) is 0 Å². The SMILES string of the molecule is CC(c1ccc(F)cc1)n1cncc1CC1CCN(S(=O)c2cnc(N3CCN(C)CC3)s2)CC1. The molecule has 0 radical (unpaired) electrons. The largest absolute Gasteiger partial charge is 0.345 e. The van der Waals surface area contributed by atoms with Crippen LogP contribution in [0.15, 0.2) is 47.2 Å². The molecule has 2 aliphatic heterocycles. The van der Waals surface area contributed by atoms with Gasteiger partial charge >= 0.3 is 0 Å². The van der Waals surface area contributed by atoms with E-state index in [2.05, 4.69) is 42.6 Å². The van der Waals surface area contributed by atoms with Gasteiger partial charge in [0.1, 0.15) is 21.0 Å². The Bertz CT molecular complexity index is 1130. The number of rotatable bonds is 7. The Morgan fingerprint density at radius 3 is 2.51 bits per heavy atom. The smallest absolute Gasteiger partial charge is 0.186 e. The fourth-order valence-corrected chi connectivity index (χ4v) is 7.39. The Hall–Kier alpha value is -2.14. The second kappa shape index (κ2) is 10.9. The van der Waals surface area contributed by atoms with Crippen molar-refractivity contribution < 1.29 is 8.60 Å². The Labute approximate surface area is 213 Å². The number of likely N-dealkylation sites (N-methyl/N-ethyl adjacent to an activating group) is 1. The molecule has 7 nitrogen and oxygen atoms in total. The first kappa shape index (κ1) is 24.5. The number of piperazine rings is 1. The van der Waals surface area contributed by atoms with Crippen molar-refractivity contribution in [1.29, 1.82) is 0 Å². The molecule has 0 amide bonds.